The highest BCUT2D eigenvalue weighted by atomic mass is 32.1. The van der Waals surface area contributed by atoms with E-state index in [1.165, 1.54) is 11.3 Å². The van der Waals surface area contributed by atoms with Crippen molar-refractivity contribution in [2.45, 2.75) is 0 Å². The van der Waals surface area contributed by atoms with E-state index in [0.29, 0.717) is 22.2 Å². The molecule has 0 spiro atoms. The highest BCUT2D eigenvalue weighted by Gasteiger charge is 2.10. The van der Waals surface area contributed by atoms with Crippen LogP contribution < -0.4 is 20.3 Å². The number of nitrogens with one attached hydrogen (secondary N) is 2. The van der Waals surface area contributed by atoms with Gasteiger partial charge in [0.25, 0.3) is 5.91 Å². The number of carbonyl (C=O) groups is 1. The standard InChI is InChI=1S/C16H15N3O3S/c1-21-11-6-3-5-10(9-11)15(20)18-19-16-17-14-12(22-2)7-4-8-13(14)23-16/h3-9H,1-2H3,(H,17,19)(H,18,20). The smallest absolute Gasteiger partial charge is 0.269 e. The Bertz CT molecular complexity index is 847. The van der Waals surface area contributed by atoms with Crippen LogP contribution in [-0.2, 0) is 0 Å². The summed E-state index contributed by atoms with van der Waals surface area (Å²) in [6.45, 7) is 0. The Morgan fingerprint density at radius 1 is 1.13 bits per heavy atom. The third kappa shape index (κ3) is 3.19. The zero-order valence-corrected chi connectivity index (χ0v) is 13.4. The zero-order valence-electron chi connectivity index (χ0n) is 12.6. The molecule has 2 N–H and O–H groups in total. The molecule has 118 valence electrons. The highest BCUT2D eigenvalue weighted by molar-refractivity contribution is 7.22. The minimum absolute atomic E-state index is 0.268. The van der Waals surface area contributed by atoms with E-state index in [1.807, 2.05) is 18.2 Å². The van der Waals surface area contributed by atoms with Crippen LogP contribution >= 0.6 is 11.3 Å². The van der Waals surface area contributed by atoms with E-state index >= 15 is 0 Å². The molecule has 7 heteroatoms. The monoisotopic (exact) mass is 329 g/mol. The van der Waals surface area contributed by atoms with Gasteiger partial charge in [0, 0.05) is 5.56 Å². The van der Waals surface area contributed by atoms with Gasteiger partial charge in [-0.1, -0.05) is 23.5 Å². The quantitative estimate of drug-likeness (QED) is 0.704. The number of para-hydroxylation sites is 1. The third-order valence-corrected chi connectivity index (χ3v) is 4.15. The number of thiazole rings is 1. The van der Waals surface area contributed by atoms with Crippen LogP contribution in [0.25, 0.3) is 10.2 Å². The summed E-state index contributed by atoms with van der Waals surface area (Å²) < 4.78 is 11.4. The van der Waals surface area contributed by atoms with E-state index in [-0.39, 0.29) is 5.91 Å². The molecular formula is C16H15N3O3S. The van der Waals surface area contributed by atoms with Crippen molar-refractivity contribution in [1.82, 2.24) is 10.4 Å². The molecule has 1 heterocycles. The third-order valence-electron chi connectivity index (χ3n) is 3.22. The molecule has 0 atom stereocenters. The first-order valence-corrected chi connectivity index (χ1v) is 7.67. The van der Waals surface area contributed by atoms with Crippen LogP contribution in [-0.4, -0.2) is 25.1 Å². The van der Waals surface area contributed by atoms with Crippen LogP contribution in [0.15, 0.2) is 42.5 Å². The molecule has 0 fully saturated rings. The second kappa shape index (κ2) is 6.53. The molecule has 3 rings (SSSR count). The van der Waals surface area contributed by atoms with Crippen molar-refractivity contribution in [2.24, 2.45) is 0 Å². The summed E-state index contributed by atoms with van der Waals surface area (Å²) >= 11 is 1.43. The average Bonchev–Trinajstić information content (AvgIpc) is 3.02. The second-order valence-corrected chi connectivity index (χ2v) is 5.67. The maximum absolute atomic E-state index is 12.1. The first kappa shape index (κ1) is 15.1. The van der Waals surface area contributed by atoms with Crippen molar-refractivity contribution in [2.75, 3.05) is 19.6 Å². The average molecular weight is 329 g/mol. The van der Waals surface area contributed by atoms with Gasteiger partial charge >= 0.3 is 0 Å². The fourth-order valence-corrected chi connectivity index (χ4v) is 2.92. The summed E-state index contributed by atoms with van der Waals surface area (Å²) in [5, 5.41) is 0.584. The maximum Gasteiger partial charge on any atom is 0.269 e. The van der Waals surface area contributed by atoms with Gasteiger partial charge in [-0.2, -0.15) is 0 Å². The second-order valence-electron chi connectivity index (χ2n) is 4.64. The fraction of sp³-hybridized carbons (Fsp3) is 0.125. The van der Waals surface area contributed by atoms with Gasteiger partial charge in [0.15, 0.2) is 0 Å². The van der Waals surface area contributed by atoms with Crippen molar-refractivity contribution in [3.05, 3.63) is 48.0 Å². The lowest BCUT2D eigenvalue weighted by Gasteiger charge is -2.06. The first-order chi connectivity index (χ1) is 11.2. The Morgan fingerprint density at radius 2 is 1.96 bits per heavy atom. The van der Waals surface area contributed by atoms with E-state index < -0.39 is 0 Å². The van der Waals surface area contributed by atoms with Crippen molar-refractivity contribution in [3.63, 3.8) is 0 Å². The molecule has 0 bridgehead atoms. The number of nitrogens with zero attached hydrogens (tertiary/aromatic N) is 1. The lowest BCUT2D eigenvalue weighted by atomic mass is 10.2. The predicted octanol–water partition coefficient (Wildman–Crippen LogP) is 3.07. The minimum Gasteiger partial charge on any atom is -0.497 e. The SMILES string of the molecule is COc1cccc(C(=O)NNc2nc3c(OC)cccc3s2)c1. The molecule has 0 saturated carbocycles. The van der Waals surface area contributed by atoms with Crippen LogP contribution in [0.2, 0.25) is 0 Å². The molecule has 1 aromatic heterocycles. The van der Waals surface area contributed by atoms with Crippen molar-refractivity contribution in [1.29, 1.82) is 0 Å². The van der Waals surface area contributed by atoms with E-state index in [0.717, 1.165) is 10.2 Å². The molecule has 0 saturated heterocycles. The summed E-state index contributed by atoms with van der Waals surface area (Å²) in [5.74, 6) is 1.06. The number of hydrazine groups is 1. The molecule has 1 amide bonds. The largest absolute Gasteiger partial charge is 0.497 e. The normalized spacial score (nSPS) is 10.3. The Morgan fingerprint density at radius 3 is 2.74 bits per heavy atom. The van der Waals surface area contributed by atoms with Gasteiger partial charge in [-0.25, -0.2) is 4.98 Å². The van der Waals surface area contributed by atoms with Crippen LogP contribution in [0.3, 0.4) is 0 Å². The summed E-state index contributed by atoms with van der Waals surface area (Å²) in [7, 11) is 3.16. The molecule has 2 aromatic carbocycles. The number of benzene rings is 2. The number of hydrogen-bond acceptors (Lipinski definition) is 6. The number of hydrogen-bond donors (Lipinski definition) is 2. The minimum atomic E-state index is -0.268. The van der Waals surface area contributed by atoms with Crippen molar-refractivity contribution >= 4 is 32.6 Å². The van der Waals surface area contributed by atoms with Gasteiger partial charge in [-0.3, -0.25) is 15.6 Å². The van der Waals surface area contributed by atoms with Crippen molar-refractivity contribution in [3.8, 4) is 11.5 Å². The van der Waals surface area contributed by atoms with Crippen molar-refractivity contribution < 1.29 is 14.3 Å². The number of amides is 1. The molecule has 0 radical (unpaired) electrons. The topological polar surface area (TPSA) is 72.5 Å². The molecule has 23 heavy (non-hydrogen) atoms. The highest BCUT2D eigenvalue weighted by Crippen LogP contribution is 2.31. The van der Waals surface area contributed by atoms with Gasteiger partial charge in [-0.05, 0) is 30.3 Å². The summed E-state index contributed by atoms with van der Waals surface area (Å²) in [6, 6.07) is 12.6. The lowest BCUT2D eigenvalue weighted by molar-refractivity contribution is 0.0962. The van der Waals surface area contributed by atoms with E-state index in [9.17, 15) is 4.79 Å². The van der Waals surface area contributed by atoms with E-state index in [4.69, 9.17) is 9.47 Å². The summed E-state index contributed by atoms with van der Waals surface area (Å²) in [4.78, 5) is 16.6. The first-order valence-electron chi connectivity index (χ1n) is 6.85. The number of anilines is 1. The maximum atomic E-state index is 12.1. The number of fused-ring (bicyclic) bond motifs is 1. The van der Waals surface area contributed by atoms with Gasteiger partial charge in [0.05, 0.1) is 18.9 Å². The Hall–Kier alpha value is -2.80. The van der Waals surface area contributed by atoms with Crippen LogP contribution in [0.5, 0.6) is 11.5 Å². The fourth-order valence-electron chi connectivity index (χ4n) is 2.09. The Balaban J connectivity index is 1.74. The molecule has 0 aliphatic carbocycles. The Labute approximate surface area is 137 Å². The molecule has 6 nitrogen and oxygen atoms in total. The van der Waals surface area contributed by atoms with Gasteiger partial charge in [0.2, 0.25) is 5.13 Å². The molecular weight excluding hydrogens is 314 g/mol. The Kier molecular flexibility index (Phi) is 4.29. The van der Waals surface area contributed by atoms with Crippen LogP contribution in [0, 0.1) is 0 Å². The number of methoxy groups -OCH3 is 2. The van der Waals surface area contributed by atoms with E-state index in [1.54, 1.807) is 38.5 Å². The zero-order chi connectivity index (χ0) is 16.2. The van der Waals surface area contributed by atoms with Gasteiger partial charge in [-0.15, -0.1) is 0 Å². The molecule has 3 aromatic rings. The molecule has 0 aliphatic rings. The van der Waals surface area contributed by atoms with E-state index in [2.05, 4.69) is 15.8 Å². The lowest BCUT2D eigenvalue weighted by Crippen LogP contribution is -2.29. The summed E-state index contributed by atoms with van der Waals surface area (Å²) in [6.07, 6.45) is 0. The van der Waals surface area contributed by atoms with Gasteiger partial charge < -0.3 is 9.47 Å². The number of carbonyl (C=O) groups excluding carboxylic acids is 1. The van der Waals surface area contributed by atoms with Gasteiger partial charge in [0.1, 0.15) is 17.0 Å². The van der Waals surface area contributed by atoms with Crippen LogP contribution in [0.1, 0.15) is 10.4 Å². The summed E-state index contributed by atoms with van der Waals surface area (Å²) in [5.41, 5.74) is 6.72. The molecule has 0 unspecified atom stereocenters. The number of ether oxygens (including phenoxy) is 2. The van der Waals surface area contributed by atoms with Crippen LogP contribution in [0.4, 0.5) is 5.13 Å². The predicted molar refractivity (Wildman–Crippen MR) is 90.3 cm³/mol. The number of aromatic nitrogens is 1. The molecule has 0 aliphatic heterocycles. The number of rotatable bonds is 5.